The number of nitrogens with two attached hydrogens (primary N) is 1. The van der Waals surface area contributed by atoms with Crippen molar-refractivity contribution in [1.29, 1.82) is 1.43 Å². The van der Waals surface area contributed by atoms with Crippen molar-refractivity contribution in [3.8, 4) is 0 Å². The van der Waals surface area contributed by atoms with Crippen LogP contribution in [0.3, 0.4) is 0 Å². The number of hydrogen-bond acceptors (Lipinski definition) is 2. The van der Waals surface area contributed by atoms with Crippen LogP contribution < -0.4 is 5.72 Å². The van der Waals surface area contributed by atoms with Crippen LogP contribution in [0.2, 0.25) is 12.9 Å². The van der Waals surface area contributed by atoms with E-state index in [1.807, 2.05) is 0 Å². The van der Waals surface area contributed by atoms with Crippen LogP contribution in [-0.4, -0.2) is 13.0 Å². The highest BCUT2D eigenvalue weighted by molar-refractivity contribution is 6.42. The van der Waals surface area contributed by atoms with Crippen molar-refractivity contribution >= 4 is 23.2 Å². The highest BCUT2D eigenvalue weighted by atomic mass is 35.5. The lowest BCUT2D eigenvalue weighted by atomic mass is 10.1. The molecule has 0 radical (unpaired) electrons. The Morgan fingerprint density at radius 1 is 1.75 bits per heavy atom. The summed E-state index contributed by atoms with van der Waals surface area (Å²) in [5.41, 5.74) is -0.460. The lowest BCUT2D eigenvalue weighted by Gasteiger charge is -2.08. The summed E-state index contributed by atoms with van der Waals surface area (Å²) in [6.45, 7) is -2.88. The molecule has 0 heterocycles. The molecule has 0 aliphatic rings. The van der Waals surface area contributed by atoms with Gasteiger partial charge in [0.1, 0.15) is 2.82 Å². The highest BCUT2D eigenvalue weighted by Crippen LogP contribution is 2.25. The average molecular weight is 212 g/mol. The topological polar surface area (TPSA) is 46.2 Å². The highest BCUT2D eigenvalue weighted by Gasteiger charge is 2.06. The quantitative estimate of drug-likeness (QED) is 0.801. The Hall–Kier alpha value is -0.280. The second kappa shape index (κ2) is 4.10. The minimum Gasteiger partial charge on any atom is -0.387 e. The van der Waals surface area contributed by atoms with Crippen LogP contribution >= 0.6 is 23.2 Å². The molecule has 4 heteroatoms. The fourth-order valence-electron chi connectivity index (χ4n) is 0.702. The number of rotatable bonds is 4. The Morgan fingerprint density at radius 3 is 3.17 bits per heavy atom. The molecule has 0 amide bonds. The van der Waals surface area contributed by atoms with E-state index in [1.165, 1.54) is 12.1 Å². The summed E-state index contributed by atoms with van der Waals surface area (Å²) >= 11 is 11.4. The van der Waals surface area contributed by atoms with E-state index in [0.717, 1.165) is 6.07 Å². The van der Waals surface area contributed by atoms with Crippen molar-refractivity contribution in [3.05, 3.63) is 33.8 Å². The van der Waals surface area contributed by atoms with Gasteiger partial charge in [-0.1, -0.05) is 29.3 Å². The van der Waals surface area contributed by atoms with E-state index in [2.05, 4.69) is 5.11 Å². The van der Waals surface area contributed by atoms with E-state index in [4.69, 9.17) is 31.6 Å². The minimum absolute atomic E-state index is 0.0557. The van der Waals surface area contributed by atoms with Gasteiger partial charge in [-0.25, -0.2) is 0 Å². The predicted octanol–water partition coefficient (Wildman–Crippen LogP) is 1.99. The maximum Gasteiger partial charge on any atom is 0.211 e. The second-order valence-electron chi connectivity index (χ2n) is 2.07. The van der Waals surface area contributed by atoms with Crippen molar-refractivity contribution in [2.45, 2.75) is 6.08 Å². The smallest absolute Gasteiger partial charge is 0.211 e. The van der Waals surface area contributed by atoms with Gasteiger partial charge >= 0.3 is 0 Å². The van der Waals surface area contributed by atoms with Crippen LogP contribution in [0.4, 0.5) is 0 Å². The molecule has 0 spiro atoms. The molecule has 0 fully saturated rings. The first-order chi connectivity index (χ1) is 8.16. The Labute approximate surface area is 89.5 Å². The van der Waals surface area contributed by atoms with Gasteiger partial charge in [-0.3, -0.25) is 0 Å². The van der Waals surface area contributed by atoms with E-state index in [1.54, 1.807) is 0 Å². The third kappa shape index (κ3) is 2.11. The van der Waals surface area contributed by atoms with E-state index < -0.39 is 12.6 Å². The normalized spacial score (nSPS) is 24.2. The van der Waals surface area contributed by atoms with E-state index >= 15 is 0 Å². The van der Waals surface area contributed by atoms with Gasteiger partial charge in [0.15, 0.2) is 0 Å². The average Bonchev–Trinajstić information content (AvgIpc) is 2.31. The first-order valence-electron chi connectivity index (χ1n) is 5.85. The number of benzene rings is 1. The molecular weight excluding hydrogens is 197 g/mol. The second-order valence-corrected chi connectivity index (χ2v) is 2.88. The standard InChI is InChI=1S/C8H9Cl2NO/c9-6-2-1-5(3-7(6)10)8(12)4-11/h1-3,8,12H,4,11H2/i4D2,8D,12D/hD2. The van der Waals surface area contributed by atoms with Gasteiger partial charge in [-0.15, -0.1) is 0 Å². The van der Waals surface area contributed by atoms with Crippen LogP contribution in [0.15, 0.2) is 18.2 Å². The third-order valence-electron chi connectivity index (χ3n) is 1.28. The molecule has 0 aliphatic heterocycles. The molecular formula is C8H9Cl2NO. The SMILES string of the molecule is [2H]OC([2H])(c1ccc(Cl)c(Cl)c1)C([2H])([2H])N([2H])[2H]. The van der Waals surface area contributed by atoms with Crippen molar-refractivity contribution in [2.75, 3.05) is 6.50 Å². The van der Waals surface area contributed by atoms with Crippen LogP contribution in [0.1, 0.15) is 15.8 Å². The summed E-state index contributed by atoms with van der Waals surface area (Å²) in [6, 6.07) is 3.72. The van der Waals surface area contributed by atoms with Gasteiger partial charge in [0.25, 0.3) is 0 Å². The first kappa shape index (κ1) is 4.29. The predicted molar refractivity (Wildman–Crippen MR) is 50.5 cm³/mol. The molecule has 3 N–H and O–H groups in total. The van der Waals surface area contributed by atoms with Gasteiger partial charge in [0, 0.05) is 9.24 Å². The molecule has 66 valence electrons. The summed E-state index contributed by atoms with van der Waals surface area (Å²) in [5, 5.41) is 4.36. The van der Waals surface area contributed by atoms with Crippen LogP contribution in [0, 0.1) is 0 Å². The summed E-state index contributed by atoms with van der Waals surface area (Å²) in [5.74, 6) is 0. The van der Waals surface area contributed by atoms with Crippen LogP contribution in [-0.2, 0) is 0 Å². The van der Waals surface area contributed by atoms with E-state index in [-0.39, 0.29) is 21.3 Å². The largest absolute Gasteiger partial charge is 0.387 e. The summed E-state index contributed by atoms with van der Waals surface area (Å²) < 4.78 is 43.7. The Bertz CT molecular complexity index is 446. The number of hydrogen-bond donors (Lipinski definition) is 2. The molecule has 12 heavy (non-hydrogen) atoms. The minimum atomic E-state index is -2.88. The van der Waals surface area contributed by atoms with E-state index in [0.29, 0.717) is 0 Å². The molecule has 1 rings (SSSR count). The number of halogens is 2. The zero-order valence-corrected chi connectivity index (χ0v) is 7.36. The molecule has 0 aromatic heterocycles. The third-order valence-corrected chi connectivity index (χ3v) is 2.02. The summed E-state index contributed by atoms with van der Waals surface area (Å²) in [7, 11) is 0. The van der Waals surface area contributed by atoms with Crippen molar-refractivity contribution in [2.24, 2.45) is 5.72 Å². The van der Waals surface area contributed by atoms with Gasteiger partial charge in [-0.2, -0.15) is 0 Å². The monoisotopic (exact) mass is 211 g/mol. The molecule has 0 saturated carbocycles. The van der Waals surface area contributed by atoms with Gasteiger partial charge < -0.3 is 10.8 Å². The Balaban J connectivity index is 3.35. The van der Waals surface area contributed by atoms with Crippen molar-refractivity contribution in [3.63, 3.8) is 0 Å². The fourth-order valence-corrected chi connectivity index (χ4v) is 1.00. The lowest BCUT2D eigenvalue weighted by molar-refractivity contribution is 0.187. The van der Waals surface area contributed by atoms with Gasteiger partial charge in [0.2, 0.25) is 1.43 Å². The molecule has 1 aromatic rings. The molecule has 0 saturated heterocycles. The lowest BCUT2D eigenvalue weighted by Crippen LogP contribution is -2.11. The maximum absolute atomic E-state index is 7.84. The first-order valence-corrected chi connectivity index (χ1v) is 3.80. The Morgan fingerprint density at radius 2 is 2.58 bits per heavy atom. The van der Waals surface area contributed by atoms with E-state index in [9.17, 15) is 0 Å². The fraction of sp³-hybridized carbons (Fsp3) is 0.250. The summed E-state index contributed by atoms with van der Waals surface area (Å²) in [6.07, 6.45) is -2.61. The molecule has 2 nitrogen and oxygen atoms in total. The molecule has 0 aliphatic carbocycles. The van der Waals surface area contributed by atoms with Crippen molar-refractivity contribution in [1.82, 2.24) is 0 Å². The molecule has 1 aromatic carbocycles. The van der Waals surface area contributed by atoms with Gasteiger partial charge in [-0.05, 0) is 17.7 Å². The maximum atomic E-state index is 7.84. The Kier molecular flexibility index (Phi) is 1.46. The summed E-state index contributed by atoms with van der Waals surface area (Å²) in [4.78, 5) is 0. The zero-order chi connectivity index (χ0) is 14.1. The van der Waals surface area contributed by atoms with Crippen molar-refractivity contribution < 1.29 is 12.0 Å². The van der Waals surface area contributed by atoms with Gasteiger partial charge in [0.05, 0.1) is 17.5 Å². The molecule has 1 atom stereocenters. The van der Waals surface area contributed by atoms with Crippen LogP contribution in [0.5, 0.6) is 0 Å². The molecule has 0 bridgehead atoms. The zero-order valence-electron chi connectivity index (χ0n) is 11.8. The number of aliphatic hydroxyl groups is 1. The van der Waals surface area contributed by atoms with Crippen LogP contribution in [0.25, 0.3) is 0 Å². The molecule has 1 unspecified atom stereocenters.